The number of hydrogen-bond donors (Lipinski definition) is 0. The molecule has 19 heavy (non-hydrogen) atoms. The van der Waals surface area contributed by atoms with E-state index < -0.39 is 0 Å². The number of unbranched alkanes of at least 4 members (excludes halogenated alkanes) is 3. The molecule has 0 N–H and O–H groups in total. The lowest BCUT2D eigenvalue weighted by atomic mass is 10.00. The van der Waals surface area contributed by atoms with Gasteiger partial charge in [-0.1, -0.05) is 45.2 Å². The Labute approximate surface area is 114 Å². The van der Waals surface area contributed by atoms with Crippen LogP contribution in [0, 0.1) is 5.82 Å². The van der Waals surface area contributed by atoms with Crippen molar-refractivity contribution >= 4 is 11.0 Å². The van der Waals surface area contributed by atoms with Gasteiger partial charge in [0.15, 0.2) is 5.58 Å². The van der Waals surface area contributed by atoms with E-state index in [0.29, 0.717) is 11.1 Å². The van der Waals surface area contributed by atoms with Crippen LogP contribution in [0.1, 0.15) is 63.6 Å². The van der Waals surface area contributed by atoms with Crippen molar-refractivity contribution in [1.29, 1.82) is 0 Å². The summed E-state index contributed by atoms with van der Waals surface area (Å²) in [5.74, 6) is 0.00279. The Hall–Kier alpha value is -1.38. The molecule has 0 amide bonds. The molecule has 0 atom stereocenters. The van der Waals surface area contributed by atoms with Crippen LogP contribution in [0.3, 0.4) is 0 Å². The molecule has 0 saturated heterocycles. The molecular weight excluding hydrogens is 241 g/mol. The highest BCUT2D eigenvalue weighted by Gasteiger charge is 2.14. The van der Waals surface area contributed by atoms with Crippen LogP contribution in [0.15, 0.2) is 16.7 Å². The fraction of sp³-hybridized carbons (Fsp3) is 0.562. The van der Waals surface area contributed by atoms with Crippen LogP contribution in [0.2, 0.25) is 0 Å². The van der Waals surface area contributed by atoms with Crippen molar-refractivity contribution in [2.24, 2.45) is 0 Å². The van der Waals surface area contributed by atoms with Gasteiger partial charge in [0.2, 0.25) is 0 Å². The first-order valence-electron chi connectivity index (χ1n) is 7.21. The molecule has 0 bridgehead atoms. The van der Waals surface area contributed by atoms with Crippen LogP contribution >= 0.6 is 0 Å². The maximum absolute atomic E-state index is 14.0. The highest BCUT2D eigenvalue weighted by Crippen LogP contribution is 2.27. The Balaban J connectivity index is 2.21. The van der Waals surface area contributed by atoms with Gasteiger partial charge in [-0.2, -0.15) is 0 Å². The second kappa shape index (κ2) is 6.18. The third-order valence-electron chi connectivity index (χ3n) is 3.55. The van der Waals surface area contributed by atoms with E-state index in [9.17, 15) is 4.39 Å². The first-order valence-corrected chi connectivity index (χ1v) is 7.21. The van der Waals surface area contributed by atoms with Crippen LogP contribution in [0.5, 0.6) is 0 Å². The SMILES string of the molecule is CCCCCCc1noc2cc(C(C)C)c(F)cc12. The van der Waals surface area contributed by atoms with Gasteiger partial charge in [-0.25, -0.2) is 4.39 Å². The van der Waals surface area contributed by atoms with Gasteiger partial charge in [0.05, 0.1) is 5.69 Å². The molecule has 1 aromatic carbocycles. The summed E-state index contributed by atoms with van der Waals surface area (Å²) < 4.78 is 19.3. The Morgan fingerprint density at radius 2 is 2.00 bits per heavy atom. The number of aromatic nitrogens is 1. The zero-order valence-electron chi connectivity index (χ0n) is 12.0. The summed E-state index contributed by atoms with van der Waals surface area (Å²) in [5.41, 5.74) is 2.29. The molecule has 2 aromatic rings. The van der Waals surface area contributed by atoms with Crippen molar-refractivity contribution in [3.05, 3.63) is 29.2 Å². The third kappa shape index (κ3) is 3.14. The number of fused-ring (bicyclic) bond motifs is 1. The topological polar surface area (TPSA) is 26.0 Å². The van der Waals surface area contributed by atoms with Gasteiger partial charge in [0, 0.05) is 5.39 Å². The molecule has 0 spiro atoms. The number of rotatable bonds is 6. The molecule has 0 aliphatic carbocycles. The second-order valence-corrected chi connectivity index (χ2v) is 5.46. The molecule has 0 aliphatic rings. The zero-order chi connectivity index (χ0) is 13.8. The fourth-order valence-electron chi connectivity index (χ4n) is 2.37. The molecule has 2 rings (SSSR count). The minimum Gasteiger partial charge on any atom is -0.356 e. The first kappa shape index (κ1) is 14.0. The highest BCUT2D eigenvalue weighted by atomic mass is 19.1. The lowest BCUT2D eigenvalue weighted by Gasteiger charge is -2.06. The Kier molecular flexibility index (Phi) is 4.56. The van der Waals surface area contributed by atoms with E-state index in [0.717, 1.165) is 23.9 Å². The quantitative estimate of drug-likeness (QED) is 0.668. The van der Waals surface area contributed by atoms with Gasteiger partial charge in [-0.05, 0) is 36.5 Å². The summed E-state index contributed by atoms with van der Waals surface area (Å²) in [5, 5.41) is 4.92. The lowest BCUT2D eigenvalue weighted by molar-refractivity contribution is 0.443. The molecule has 104 valence electrons. The van der Waals surface area contributed by atoms with Crippen LogP contribution in [0.25, 0.3) is 11.0 Å². The summed E-state index contributed by atoms with van der Waals surface area (Å²) in [6.45, 7) is 6.15. The van der Waals surface area contributed by atoms with Crippen molar-refractivity contribution in [3.8, 4) is 0 Å². The van der Waals surface area contributed by atoms with Gasteiger partial charge in [-0.3, -0.25) is 0 Å². The van der Waals surface area contributed by atoms with Gasteiger partial charge in [-0.15, -0.1) is 0 Å². The molecule has 3 heteroatoms. The smallest absolute Gasteiger partial charge is 0.167 e. The van der Waals surface area contributed by atoms with Crippen LogP contribution < -0.4 is 0 Å². The summed E-state index contributed by atoms with van der Waals surface area (Å²) >= 11 is 0. The van der Waals surface area contributed by atoms with Crippen molar-refractivity contribution in [2.45, 2.75) is 58.8 Å². The van der Waals surface area contributed by atoms with E-state index in [4.69, 9.17) is 4.52 Å². The molecule has 0 unspecified atom stereocenters. The molecule has 2 nitrogen and oxygen atoms in total. The Bertz CT molecular complexity index is 545. The second-order valence-electron chi connectivity index (χ2n) is 5.46. The van der Waals surface area contributed by atoms with Gasteiger partial charge in [0.1, 0.15) is 5.82 Å². The van der Waals surface area contributed by atoms with Crippen LogP contribution in [-0.2, 0) is 6.42 Å². The number of aryl methyl sites for hydroxylation is 1. The van der Waals surface area contributed by atoms with Crippen molar-refractivity contribution in [3.63, 3.8) is 0 Å². The number of nitrogens with zero attached hydrogens (tertiary/aromatic N) is 1. The fourth-order valence-corrected chi connectivity index (χ4v) is 2.37. The van der Waals surface area contributed by atoms with E-state index in [1.807, 2.05) is 13.8 Å². The van der Waals surface area contributed by atoms with E-state index >= 15 is 0 Å². The number of hydrogen-bond acceptors (Lipinski definition) is 2. The van der Waals surface area contributed by atoms with Gasteiger partial charge < -0.3 is 4.52 Å². The largest absolute Gasteiger partial charge is 0.356 e. The summed E-state index contributed by atoms with van der Waals surface area (Å²) in [6, 6.07) is 3.37. The predicted octanol–water partition coefficient (Wildman–Crippen LogP) is 5.21. The average molecular weight is 263 g/mol. The summed E-state index contributed by atoms with van der Waals surface area (Å²) in [7, 11) is 0. The van der Waals surface area contributed by atoms with Gasteiger partial charge in [0.25, 0.3) is 0 Å². The average Bonchev–Trinajstić information content (AvgIpc) is 2.76. The summed E-state index contributed by atoms with van der Waals surface area (Å²) in [6.07, 6.45) is 5.60. The predicted molar refractivity (Wildman–Crippen MR) is 75.9 cm³/mol. The highest BCUT2D eigenvalue weighted by molar-refractivity contribution is 5.80. The maximum atomic E-state index is 14.0. The zero-order valence-corrected chi connectivity index (χ0v) is 12.0. The van der Waals surface area contributed by atoms with Crippen molar-refractivity contribution < 1.29 is 8.91 Å². The molecule has 1 aromatic heterocycles. The van der Waals surface area contributed by atoms with E-state index in [-0.39, 0.29) is 11.7 Å². The Morgan fingerprint density at radius 3 is 2.68 bits per heavy atom. The van der Waals surface area contributed by atoms with Crippen molar-refractivity contribution in [2.75, 3.05) is 0 Å². The maximum Gasteiger partial charge on any atom is 0.167 e. The standard InChI is InChI=1S/C16H22FNO/c1-4-5-6-7-8-15-13-9-14(17)12(11(2)3)10-16(13)19-18-15/h9-11H,4-8H2,1-3H3. The third-order valence-corrected chi connectivity index (χ3v) is 3.55. The molecule has 0 aliphatic heterocycles. The number of benzene rings is 1. The normalized spacial score (nSPS) is 11.6. The van der Waals surface area contributed by atoms with Gasteiger partial charge >= 0.3 is 0 Å². The molecule has 1 heterocycles. The Morgan fingerprint density at radius 1 is 1.21 bits per heavy atom. The van der Waals surface area contributed by atoms with Crippen molar-refractivity contribution in [1.82, 2.24) is 5.16 Å². The summed E-state index contributed by atoms with van der Waals surface area (Å²) in [4.78, 5) is 0. The first-order chi connectivity index (χ1) is 9.13. The molecule has 0 saturated carbocycles. The van der Waals surface area contributed by atoms with Crippen LogP contribution in [0.4, 0.5) is 4.39 Å². The van der Waals surface area contributed by atoms with E-state index in [1.54, 1.807) is 12.1 Å². The minimum absolute atomic E-state index is 0.152. The monoisotopic (exact) mass is 263 g/mol. The van der Waals surface area contributed by atoms with Crippen LogP contribution in [-0.4, -0.2) is 5.16 Å². The molecule has 0 radical (unpaired) electrons. The van der Waals surface area contributed by atoms with E-state index in [2.05, 4.69) is 12.1 Å². The minimum atomic E-state index is -0.152. The number of halogens is 1. The lowest BCUT2D eigenvalue weighted by Crippen LogP contribution is -1.93. The van der Waals surface area contributed by atoms with E-state index in [1.165, 1.54) is 19.3 Å². The molecular formula is C16H22FNO. The molecule has 0 fully saturated rings.